The number of aliphatic hydroxyl groups is 1. The lowest BCUT2D eigenvalue weighted by Crippen LogP contribution is -2.65. The van der Waals surface area contributed by atoms with Gasteiger partial charge in [0.05, 0.1) is 23.3 Å². The third-order valence-electron chi connectivity index (χ3n) is 11.2. The molecule has 1 heterocycles. The van der Waals surface area contributed by atoms with Crippen LogP contribution in [0.25, 0.3) is 0 Å². The number of nitrogens with zero attached hydrogens (tertiary/aromatic N) is 2. The Morgan fingerprint density at radius 2 is 1.92 bits per heavy atom. The highest BCUT2D eigenvalue weighted by atomic mass is 35.5. The third-order valence-corrected chi connectivity index (χ3v) is 12.8. The smallest absolute Gasteiger partial charge is 0.411 e. The van der Waals surface area contributed by atoms with E-state index in [0.717, 1.165) is 32.1 Å². The summed E-state index contributed by atoms with van der Waals surface area (Å²) in [5.74, 6) is -0.0131. The summed E-state index contributed by atoms with van der Waals surface area (Å²) in [6.45, 7) is 14.3. The summed E-state index contributed by atoms with van der Waals surface area (Å²) in [6, 6.07) is 10.7. The highest BCUT2D eigenvalue weighted by Gasteiger charge is 2.53. The van der Waals surface area contributed by atoms with E-state index in [2.05, 4.69) is 28.8 Å². The minimum Gasteiger partial charge on any atom is -0.490 e. The minimum absolute atomic E-state index is 0.0212. The van der Waals surface area contributed by atoms with Crippen LogP contribution in [0.15, 0.2) is 66.6 Å². The number of carbonyl (C=O) groups excluding carboxylic acids is 2. The first-order chi connectivity index (χ1) is 24.1. The Balaban J connectivity index is 1.33. The second kappa shape index (κ2) is 14.1. The second-order valence-electron chi connectivity index (χ2n) is 15.7. The molecule has 4 aliphatic rings. The summed E-state index contributed by atoms with van der Waals surface area (Å²) < 4.78 is 42.5. The Bertz CT molecular complexity index is 1800. The fraction of sp³-hybridized carbons (Fsp3) is 0.538. The van der Waals surface area contributed by atoms with Crippen molar-refractivity contribution in [2.75, 3.05) is 31.1 Å². The van der Waals surface area contributed by atoms with Gasteiger partial charge < -0.3 is 19.5 Å². The van der Waals surface area contributed by atoms with Crippen molar-refractivity contribution in [1.82, 2.24) is 9.62 Å². The Labute approximate surface area is 306 Å². The van der Waals surface area contributed by atoms with Gasteiger partial charge in [0, 0.05) is 30.1 Å². The molecule has 12 heteroatoms. The van der Waals surface area contributed by atoms with Crippen molar-refractivity contribution in [3.05, 3.63) is 77.9 Å². The van der Waals surface area contributed by atoms with E-state index in [9.17, 15) is 23.1 Å². The number of nitrogens with one attached hydrogen (secondary N) is 1. The number of rotatable bonds is 10. The number of aliphatic hydroxyl groups excluding tert-OH is 1. The SMILES string of the molecule is C=CCN(C(=O)OC(C)(C)C)C1(C(=O)NS(=O)(=O)c2ccc3c(c2)N(C[C@@H]2CC[C@H]2[C@@H](O)C=C)C[C@@]2(CCCc4cc(Cl)ccc42)CO3)CCC1. The number of amides is 2. The van der Waals surface area contributed by atoms with Crippen LogP contribution in [0.2, 0.25) is 5.02 Å². The van der Waals surface area contributed by atoms with Crippen molar-refractivity contribution in [3.8, 4) is 5.75 Å². The number of fused-ring (bicyclic) bond motifs is 3. The lowest BCUT2D eigenvalue weighted by molar-refractivity contribution is -0.137. The van der Waals surface area contributed by atoms with Gasteiger partial charge in [-0.05, 0) is 125 Å². The molecule has 1 aliphatic heterocycles. The molecular weight excluding hydrogens is 690 g/mol. The normalized spacial score (nSPS) is 24.3. The third kappa shape index (κ3) is 7.26. The number of hydrogen-bond donors (Lipinski definition) is 2. The monoisotopic (exact) mass is 739 g/mol. The van der Waals surface area contributed by atoms with Crippen LogP contribution in [-0.2, 0) is 31.4 Å². The molecule has 4 atom stereocenters. The largest absolute Gasteiger partial charge is 0.490 e. The molecule has 51 heavy (non-hydrogen) atoms. The maximum Gasteiger partial charge on any atom is 0.411 e. The first-order valence-corrected chi connectivity index (χ1v) is 19.8. The summed E-state index contributed by atoms with van der Waals surface area (Å²) >= 11 is 6.41. The van der Waals surface area contributed by atoms with Crippen LogP contribution < -0.4 is 14.4 Å². The Kier molecular flexibility index (Phi) is 10.3. The van der Waals surface area contributed by atoms with Crippen LogP contribution in [0.5, 0.6) is 5.75 Å². The maximum atomic E-state index is 14.0. The highest BCUT2D eigenvalue weighted by molar-refractivity contribution is 7.90. The molecule has 3 aliphatic carbocycles. The van der Waals surface area contributed by atoms with Crippen molar-refractivity contribution in [2.24, 2.45) is 11.8 Å². The van der Waals surface area contributed by atoms with Crippen molar-refractivity contribution < 1.29 is 32.6 Å². The predicted molar refractivity (Wildman–Crippen MR) is 198 cm³/mol. The van der Waals surface area contributed by atoms with Gasteiger partial charge in [-0.3, -0.25) is 9.69 Å². The van der Waals surface area contributed by atoms with Crippen LogP contribution in [-0.4, -0.2) is 73.9 Å². The quantitative estimate of drug-likeness (QED) is 0.264. The van der Waals surface area contributed by atoms with E-state index in [0.29, 0.717) is 55.4 Å². The fourth-order valence-corrected chi connectivity index (χ4v) is 9.53. The zero-order valence-corrected chi connectivity index (χ0v) is 31.4. The van der Waals surface area contributed by atoms with Gasteiger partial charge in [0.25, 0.3) is 15.9 Å². The van der Waals surface area contributed by atoms with Gasteiger partial charge in [-0.1, -0.05) is 29.8 Å². The van der Waals surface area contributed by atoms with Crippen molar-refractivity contribution >= 4 is 39.3 Å². The lowest BCUT2D eigenvalue weighted by Gasteiger charge is -2.47. The van der Waals surface area contributed by atoms with Crippen LogP contribution in [0.3, 0.4) is 0 Å². The fourth-order valence-electron chi connectivity index (χ4n) is 8.27. The summed E-state index contributed by atoms with van der Waals surface area (Å²) in [5, 5.41) is 11.4. The molecule has 2 fully saturated rings. The average Bonchev–Trinajstić information content (AvgIpc) is 3.17. The number of aryl methyl sites for hydroxylation is 1. The number of benzene rings is 2. The molecule has 276 valence electrons. The summed E-state index contributed by atoms with van der Waals surface area (Å²) in [7, 11) is -4.39. The summed E-state index contributed by atoms with van der Waals surface area (Å²) in [5.41, 5.74) is 0.427. The molecule has 0 aromatic heterocycles. The molecule has 10 nitrogen and oxygen atoms in total. The van der Waals surface area contributed by atoms with Crippen LogP contribution in [0.4, 0.5) is 10.5 Å². The number of halogens is 1. The van der Waals surface area contributed by atoms with Gasteiger partial charge in [-0.15, -0.1) is 13.2 Å². The molecule has 2 aromatic carbocycles. The van der Waals surface area contributed by atoms with Gasteiger partial charge in [-0.2, -0.15) is 0 Å². The van der Waals surface area contributed by atoms with E-state index < -0.39 is 39.3 Å². The van der Waals surface area contributed by atoms with E-state index in [-0.39, 0.29) is 28.7 Å². The van der Waals surface area contributed by atoms with E-state index in [4.69, 9.17) is 21.1 Å². The lowest BCUT2D eigenvalue weighted by atomic mass is 9.68. The molecule has 2 N–H and O–H groups in total. The van der Waals surface area contributed by atoms with Crippen molar-refractivity contribution in [2.45, 2.75) is 99.7 Å². The van der Waals surface area contributed by atoms with E-state index in [1.807, 2.05) is 12.1 Å². The summed E-state index contributed by atoms with van der Waals surface area (Å²) in [6.07, 6.45) is 7.56. The van der Waals surface area contributed by atoms with Gasteiger partial charge >= 0.3 is 6.09 Å². The molecule has 6 rings (SSSR count). The van der Waals surface area contributed by atoms with Gasteiger partial charge in [0.2, 0.25) is 0 Å². The maximum absolute atomic E-state index is 14.0. The van der Waals surface area contributed by atoms with E-state index in [1.54, 1.807) is 39.0 Å². The Morgan fingerprint density at radius 3 is 2.55 bits per heavy atom. The molecule has 2 amide bonds. The zero-order valence-electron chi connectivity index (χ0n) is 29.8. The van der Waals surface area contributed by atoms with Gasteiger partial charge in [0.15, 0.2) is 0 Å². The molecule has 0 saturated heterocycles. The molecule has 0 bridgehead atoms. The molecule has 0 radical (unpaired) electrons. The average molecular weight is 740 g/mol. The zero-order chi connectivity index (χ0) is 36.8. The Morgan fingerprint density at radius 1 is 1.16 bits per heavy atom. The molecule has 0 unspecified atom stereocenters. The molecular formula is C39H50ClN3O7S. The molecule has 2 aromatic rings. The van der Waals surface area contributed by atoms with Crippen LogP contribution >= 0.6 is 11.6 Å². The number of carbonyl (C=O) groups is 2. The number of hydrogen-bond acceptors (Lipinski definition) is 8. The topological polar surface area (TPSA) is 125 Å². The minimum atomic E-state index is -4.39. The van der Waals surface area contributed by atoms with E-state index in [1.165, 1.54) is 28.2 Å². The number of sulfonamides is 1. The summed E-state index contributed by atoms with van der Waals surface area (Å²) in [4.78, 5) is 30.6. The Hall–Kier alpha value is -3.54. The molecule has 2 saturated carbocycles. The van der Waals surface area contributed by atoms with Crippen LogP contribution in [0, 0.1) is 11.8 Å². The van der Waals surface area contributed by atoms with E-state index >= 15 is 0 Å². The highest BCUT2D eigenvalue weighted by Crippen LogP contribution is 2.47. The standard InChI is InChI=1S/C39H50ClN3O7S/c1-6-20-43(36(46)50-37(3,4)5)39(18-9-19-39)35(45)41-51(47,48)29-13-16-34-32(22-29)42(23-27-11-14-30(27)33(44)7-2)24-38(25-49-34)17-8-10-26-21-28(40)12-15-31(26)38/h6-7,12-13,15-16,21-22,27,30,33,44H,1-2,8-11,14,17-20,23-25H2,3-5H3,(H,41,45)/t27-,30+,33-,38-/m0/s1. The van der Waals surface area contributed by atoms with Gasteiger partial charge in [0.1, 0.15) is 16.9 Å². The number of ether oxygens (including phenoxy) is 2. The first-order valence-electron chi connectivity index (χ1n) is 17.9. The van der Waals surface area contributed by atoms with Crippen molar-refractivity contribution in [1.29, 1.82) is 0 Å². The number of anilines is 1. The van der Waals surface area contributed by atoms with Crippen molar-refractivity contribution in [3.63, 3.8) is 0 Å². The van der Waals surface area contributed by atoms with Gasteiger partial charge in [-0.25, -0.2) is 17.9 Å². The van der Waals surface area contributed by atoms with Crippen LogP contribution in [0.1, 0.15) is 76.8 Å². The molecule has 1 spiro atoms. The first kappa shape index (κ1) is 37.2. The second-order valence-corrected chi connectivity index (χ2v) is 17.8. The predicted octanol–water partition coefficient (Wildman–Crippen LogP) is 6.54.